The molecule has 3 N–H and O–H groups in total. The normalized spacial score (nSPS) is 18.1. The van der Waals surface area contributed by atoms with Crippen LogP contribution in [-0.4, -0.2) is 40.8 Å². The Morgan fingerprint density at radius 1 is 1.17 bits per heavy atom. The molecular weight excluding hydrogens is 333 g/mol. The van der Waals surface area contributed by atoms with Crippen LogP contribution in [0.3, 0.4) is 0 Å². The summed E-state index contributed by atoms with van der Waals surface area (Å²) in [6, 6.07) is 0. The van der Waals surface area contributed by atoms with Gasteiger partial charge in [-0.25, -0.2) is 4.57 Å². The summed E-state index contributed by atoms with van der Waals surface area (Å²) in [7, 11) is -4.27. The summed E-state index contributed by atoms with van der Waals surface area (Å²) in [6.07, 6.45) is -1.37. The third-order valence-corrected chi connectivity index (χ3v) is 4.95. The van der Waals surface area contributed by atoms with Gasteiger partial charge < -0.3 is 15.3 Å². The lowest BCUT2D eigenvalue weighted by atomic mass is 9.87. The van der Waals surface area contributed by atoms with Gasteiger partial charge in [-0.1, -0.05) is 34.6 Å². The number of aliphatic hydroxyl groups excluding tert-OH is 1. The summed E-state index contributed by atoms with van der Waals surface area (Å²) in [5.74, 6) is 0.160. The number of rotatable bonds is 9. The molecule has 0 aliphatic carbocycles. The van der Waals surface area contributed by atoms with Crippen LogP contribution in [0.1, 0.15) is 55.4 Å². The van der Waals surface area contributed by atoms with E-state index in [-0.39, 0.29) is 12.5 Å². The minimum atomic E-state index is -4.27. The zero-order valence-corrected chi connectivity index (χ0v) is 17.0. The first-order valence-electron chi connectivity index (χ1n) is 8.21. The minimum Gasteiger partial charge on any atom is -0.383 e. The Kier molecular flexibility index (Phi) is 8.60. The van der Waals surface area contributed by atoms with E-state index in [9.17, 15) is 19.4 Å². The maximum atomic E-state index is 12.1. The number of hydrogen-bond acceptors (Lipinski definition) is 5. The molecule has 0 radical (unpaired) electrons. The zero-order valence-electron chi connectivity index (χ0n) is 16.1. The lowest BCUT2D eigenvalue weighted by Gasteiger charge is -2.31. The molecule has 0 fully saturated rings. The summed E-state index contributed by atoms with van der Waals surface area (Å²) in [6.45, 7) is 14.3. The predicted molar refractivity (Wildman–Crippen MR) is 93.4 cm³/mol. The van der Waals surface area contributed by atoms with E-state index >= 15 is 0 Å². The van der Waals surface area contributed by atoms with Crippen LogP contribution in [0.15, 0.2) is 0 Å². The molecule has 7 nitrogen and oxygen atoms in total. The first kappa shape index (κ1) is 23.5. The largest absolute Gasteiger partial charge is 0.472 e. The summed E-state index contributed by atoms with van der Waals surface area (Å²) in [4.78, 5) is 21.8. The highest BCUT2D eigenvalue weighted by molar-refractivity contribution is 7.47. The first-order valence-corrected chi connectivity index (χ1v) is 9.71. The van der Waals surface area contributed by atoms with Gasteiger partial charge in [0.2, 0.25) is 5.91 Å². The average molecular weight is 367 g/mol. The van der Waals surface area contributed by atoms with E-state index < -0.39 is 30.8 Å². The Labute approximate surface area is 145 Å². The average Bonchev–Trinajstić information content (AvgIpc) is 2.38. The van der Waals surface area contributed by atoms with Gasteiger partial charge in [-0.3, -0.25) is 13.8 Å². The lowest BCUT2D eigenvalue weighted by molar-refractivity contribution is -0.137. The standard InChI is InChI=1S/C16H34NO6P/c1-11(2)12(3)9-17-14(19)13(18)16(7,8)10-22-24(20,21)23-15(4,5)6/h11-13,18H,9-10H2,1-8H3,(H,17,19)(H,20,21). The number of nitrogens with one attached hydrogen (secondary N) is 1. The molecule has 144 valence electrons. The quantitative estimate of drug-likeness (QED) is 0.541. The SMILES string of the molecule is CC(C)C(C)CNC(=O)C(O)C(C)(C)COP(=O)(O)OC(C)(C)C. The van der Waals surface area contributed by atoms with Crippen molar-refractivity contribution in [2.75, 3.05) is 13.2 Å². The number of carbonyl (C=O) groups is 1. The van der Waals surface area contributed by atoms with Crippen molar-refractivity contribution in [3.05, 3.63) is 0 Å². The summed E-state index contributed by atoms with van der Waals surface area (Å²) in [5.41, 5.74) is -1.90. The number of phosphoric ester groups is 1. The van der Waals surface area contributed by atoms with Crippen molar-refractivity contribution in [3.63, 3.8) is 0 Å². The molecule has 0 heterocycles. The van der Waals surface area contributed by atoms with Gasteiger partial charge in [0.15, 0.2) is 0 Å². The van der Waals surface area contributed by atoms with Crippen LogP contribution in [0.25, 0.3) is 0 Å². The number of aliphatic hydroxyl groups is 1. The van der Waals surface area contributed by atoms with Crippen molar-refractivity contribution >= 4 is 13.7 Å². The van der Waals surface area contributed by atoms with Crippen LogP contribution in [0, 0.1) is 17.3 Å². The van der Waals surface area contributed by atoms with Gasteiger partial charge in [-0.15, -0.1) is 0 Å². The number of hydrogen-bond donors (Lipinski definition) is 3. The number of carbonyl (C=O) groups excluding carboxylic acids is 1. The smallest absolute Gasteiger partial charge is 0.383 e. The van der Waals surface area contributed by atoms with E-state index in [1.807, 2.05) is 6.92 Å². The van der Waals surface area contributed by atoms with Gasteiger partial charge in [-0.2, -0.15) is 0 Å². The molecule has 0 aromatic heterocycles. The van der Waals surface area contributed by atoms with Crippen LogP contribution in [0.5, 0.6) is 0 Å². The highest BCUT2D eigenvalue weighted by Gasteiger charge is 2.38. The molecule has 0 aliphatic heterocycles. The van der Waals surface area contributed by atoms with E-state index in [4.69, 9.17) is 9.05 Å². The molecule has 24 heavy (non-hydrogen) atoms. The second-order valence-corrected chi connectivity index (χ2v) is 9.68. The third kappa shape index (κ3) is 9.14. The van der Waals surface area contributed by atoms with Crippen molar-refractivity contribution in [1.29, 1.82) is 0 Å². The molecule has 3 unspecified atom stereocenters. The van der Waals surface area contributed by atoms with Crippen LogP contribution in [0.4, 0.5) is 0 Å². The van der Waals surface area contributed by atoms with Gasteiger partial charge in [0.05, 0.1) is 12.2 Å². The van der Waals surface area contributed by atoms with Gasteiger partial charge in [-0.05, 0) is 32.6 Å². The van der Waals surface area contributed by atoms with Crippen LogP contribution >= 0.6 is 7.82 Å². The van der Waals surface area contributed by atoms with Crippen LogP contribution in [-0.2, 0) is 18.4 Å². The molecule has 3 atom stereocenters. The second kappa shape index (κ2) is 8.77. The van der Waals surface area contributed by atoms with Crippen molar-refractivity contribution in [1.82, 2.24) is 5.32 Å². The third-order valence-electron chi connectivity index (χ3n) is 3.71. The summed E-state index contributed by atoms with van der Waals surface area (Å²) < 4.78 is 21.8. The predicted octanol–water partition coefficient (Wildman–Crippen LogP) is 2.71. The minimum absolute atomic E-state index is 0.276. The highest BCUT2D eigenvalue weighted by Crippen LogP contribution is 2.48. The maximum absolute atomic E-state index is 12.1. The zero-order chi connectivity index (χ0) is 19.3. The Hall–Kier alpha value is -0.460. The van der Waals surface area contributed by atoms with Crippen LogP contribution < -0.4 is 5.32 Å². The fourth-order valence-corrected chi connectivity index (χ4v) is 2.89. The van der Waals surface area contributed by atoms with Gasteiger partial charge in [0.25, 0.3) is 0 Å². The Bertz CT molecular complexity index is 458. The number of phosphoric acid groups is 1. The molecule has 0 rings (SSSR count). The Balaban J connectivity index is 4.64. The molecule has 8 heteroatoms. The highest BCUT2D eigenvalue weighted by atomic mass is 31.2. The molecule has 0 bridgehead atoms. The molecule has 0 saturated heterocycles. The number of amides is 1. The Morgan fingerprint density at radius 3 is 2.08 bits per heavy atom. The Morgan fingerprint density at radius 2 is 1.67 bits per heavy atom. The van der Waals surface area contributed by atoms with Gasteiger partial charge in [0.1, 0.15) is 6.10 Å². The topological polar surface area (TPSA) is 105 Å². The van der Waals surface area contributed by atoms with Crippen molar-refractivity contribution in [2.45, 2.75) is 67.1 Å². The van der Waals surface area contributed by atoms with Crippen LogP contribution in [0.2, 0.25) is 0 Å². The van der Waals surface area contributed by atoms with Crippen molar-refractivity contribution in [3.8, 4) is 0 Å². The fraction of sp³-hybridized carbons (Fsp3) is 0.938. The molecule has 0 aliphatic rings. The van der Waals surface area contributed by atoms with E-state index in [2.05, 4.69) is 19.2 Å². The van der Waals surface area contributed by atoms with E-state index in [0.717, 1.165) is 0 Å². The van der Waals surface area contributed by atoms with Gasteiger partial charge in [0, 0.05) is 12.0 Å². The van der Waals surface area contributed by atoms with Crippen molar-refractivity contribution < 1.29 is 28.4 Å². The van der Waals surface area contributed by atoms with E-state index in [1.165, 1.54) is 0 Å². The molecular formula is C16H34NO6P. The molecule has 0 aromatic rings. The van der Waals surface area contributed by atoms with E-state index in [1.54, 1.807) is 34.6 Å². The monoisotopic (exact) mass is 367 g/mol. The maximum Gasteiger partial charge on any atom is 0.472 e. The molecule has 1 amide bonds. The lowest BCUT2D eigenvalue weighted by Crippen LogP contribution is -2.47. The molecule has 0 aromatic carbocycles. The first-order chi connectivity index (χ1) is 10.6. The summed E-state index contributed by atoms with van der Waals surface area (Å²) in [5, 5.41) is 12.9. The summed E-state index contributed by atoms with van der Waals surface area (Å²) >= 11 is 0. The molecule has 0 saturated carbocycles. The van der Waals surface area contributed by atoms with Gasteiger partial charge >= 0.3 is 7.82 Å². The fourth-order valence-electron chi connectivity index (χ4n) is 1.65. The van der Waals surface area contributed by atoms with E-state index in [0.29, 0.717) is 12.5 Å². The molecule has 0 spiro atoms. The van der Waals surface area contributed by atoms with Crippen molar-refractivity contribution in [2.24, 2.45) is 17.3 Å². The second-order valence-electron chi connectivity index (χ2n) is 8.30.